The van der Waals surface area contributed by atoms with Gasteiger partial charge in [-0.3, -0.25) is 0 Å². The number of aryl methyl sites for hydroxylation is 1. The molecule has 13 heavy (non-hydrogen) atoms. The minimum Gasteiger partial charge on any atom is -0.313 e. The minimum absolute atomic E-state index is 1.04. The third kappa shape index (κ3) is 3.92. The zero-order chi connectivity index (χ0) is 9.52. The number of nitrogens with one attached hydrogen (secondary N) is 1. The fourth-order valence-corrected chi connectivity index (χ4v) is 2.30. The van der Waals surface area contributed by atoms with Crippen LogP contribution in [0.1, 0.15) is 37.1 Å². The van der Waals surface area contributed by atoms with Crippen LogP contribution in [0.25, 0.3) is 0 Å². The number of hydrogen-bond acceptors (Lipinski definition) is 2. The Kier molecular flexibility index (Phi) is 5.09. The molecule has 1 nitrogen and oxygen atoms in total. The second-order valence-electron chi connectivity index (χ2n) is 3.35. The van der Waals surface area contributed by atoms with Gasteiger partial charge in [-0.15, -0.1) is 11.3 Å². The van der Waals surface area contributed by atoms with Crippen LogP contribution in [0.5, 0.6) is 0 Å². The smallest absolute Gasteiger partial charge is 0.0213 e. The van der Waals surface area contributed by atoms with Crippen LogP contribution in [0.2, 0.25) is 0 Å². The van der Waals surface area contributed by atoms with Crippen molar-refractivity contribution >= 4 is 11.3 Å². The lowest BCUT2D eigenvalue weighted by atomic mass is 10.2. The fourth-order valence-electron chi connectivity index (χ4n) is 1.31. The summed E-state index contributed by atoms with van der Waals surface area (Å²) in [6, 6.07) is 2.33. The Hall–Kier alpha value is -0.340. The van der Waals surface area contributed by atoms with Crippen LogP contribution in [0.4, 0.5) is 0 Å². The summed E-state index contributed by atoms with van der Waals surface area (Å²) in [6.45, 7) is 6.59. The molecule has 1 rings (SSSR count). The zero-order valence-corrected chi connectivity index (χ0v) is 9.41. The molecular weight excluding hydrogens is 178 g/mol. The van der Waals surface area contributed by atoms with Crippen LogP contribution >= 0.6 is 11.3 Å². The molecule has 1 heterocycles. The molecule has 0 aromatic carbocycles. The molecule has 0 aliphatic carbocycles. The first-order valence-corrected chi connectivity index (χ1v) is 6.01. The van der Waals surface area contributed by atoms with Crippen LogP contribution in [-0.2, 0) is 13.0 Å². The summed E-state index contributed by atoms with van der Waals surface area (Å²) in [4.78, 5) is 1.52. The summed E-state index contributed by atoms with van der Waals surface area (Å²) >= 11 is 1.89. The average Bonchev–Trinajstić information content (AvgIpc) is 2.54. The van der Waals surface area contributed by atoms with Crippen molar-refractivity contribution in [1.82, 2.24) is 5.32 Å². The maximum absolute atomic E-state index is 3.41. The van der Waals surface area contributed by atoms with E-state index in [0.717, 1.165) is 13.1 Å². The molecule has 2 heteroatoms. The summed E-state index contributed by atoms with van der Waals surface area (Å²) in [5, 5.41) is 5.68. The molecular formula is C11H19NS. The predicted octanol–water partition coefficient (Wildman–Crippen LogP) is 3.20. The third-order valence-electron chi connectivity index (χ3n) is 1.96. The first-order chi connectivity index (χ1) is 6.36. The van der Waals surface area contributed by atoms with E-state index < -0.39 is 0 Å². The van der Waals surface area contributed by atoms with E-state index in [1.54, 1.807) is 0 Å². The molecule has 0 radical (unpaired) electrons. The first-order valence-electron chi connectivity index (χ1n) is 5.13. The SMILES string of the molecule is CCCNCc1csc(CCC)c1. The lowest BCUT2D eigenvalue weighted by Crippen LogP contribution is -2.12. The summed E-state index contributed by atoms with van der Waals surface area (Å²) < 4.78 is 0. The second kappa shape index (κ2) is 6.17. The molecule has 0 atom stereocenters. The Morgan fingerprint density at radius 2 is 2.15 bits per heavy atom. The van der Waals surface area contributed by atoms with Crippen LogP contribution < -0.4 is 5.32 Å². The van der Waals surface area contributed by atoms with Crippen molar-refractivity contribution in [3.05, 3.63) is 21.9 Å². The van der Waals surface area contributed by atoms with E-state index in [9.17, 15) is 0 Å². The van der Waals surface area contributed by atoms with Gasteiger partial charge in [-0.05, 0) is 36.4 Å². The largest absolute Gasteiger partial charge is 0.313 e. The molecule has 74 valence electrons. The monoisotopic (exact) mass is 197 g/mol. The van der Waals surface area contributed by atoms with Crippen LogP contribution in [0.15, 0.2) is 11.4 Å². The molecule has 0 aliphatic rings. The fraction of sp³-hybridized carbons (Fsp3) is 0.636. The van der Waals surface area contributed by atoms with Gasteiger partial charge in [0.05, 0.1) is 0 Å². The summed E-state index contributed by atoms with van der Waals surface area (Å²) in [7, 11) is 0. The number of rotatable bonds is 6. The quantitative estimate of drug-likeness (QED) is 0.691. The van der Waals surface area contributed by atoms with Gasteiger partial charge in [0, 0.05) is 11.4 Å². The molecule has 0 spiro atoms. The Balaban J connectivity index is 2.31. The molecule has 0 aliphatic heterocycles. The maximum atomic E-state index is 3.41. The van der Waals surface area contributed by atoms with E-state index in [2.05, 4.69) is 30.6 Å². The van der Waals surface area contributed by atoms with Crippen molar-refractivity contribution in [3.8, 4) is 0 Å². The van der Waals surface area contributed by atoms with Crippen LogP contribution in [0.3, 0.4) is 0 Å². The van der Waals surface area contributed by atoms with E-state index in [1.165, 1.54) is 29.7 Å². The predicted molar refractivity (Wildman–Crippen MR) is 60.3 cm³/mol. The van der Waals surface area contributed by atoms with Crippen molar-refractivity contribution in [2.75, 3.05) is 6.54 Å². The number of thiophene rings is 1. The van der Waals surface area contributed by atoms with E-state index >= 15 is 0 Å². The highest BCUT2D eigenvalue weighted by atomic mass is 32.1. The Bertz CT molecular complexity index is 230. The standard InChI is InChI=1S/C11H19NS/c1-3-5-11-7-10(9-13-11)8-12-6-4-2/h7,9,12H,3-6,8H2,1-2H3. The van der Waals surface area contributed by atoms with Crippen molar-refractivity contribution in [3.63, 3.8) is 0 Å². The van der Waals surface area contributed by atoms with Crippen molar-refractivity contribution in [2.45, 2.75) is 39.7 Å². The summed E-state index contributed by atoms with van der Waals surface area (Å²) in [5.74, 6) is 0. The summed E-state index contributed by atoms with van der Waals surface area (Å²) in [5.41, 5.74) is 1.45. The van der Waals surface area contributed by atoms with Gasteiger partial charge in [-0.1, -0.05) is 20.3 Å². The van der Waals surface area contributed by atoms with Gasteiger partial charge in [-0.25, -0.2) is 0 Å². The average molecular weight is 197 g/mol. The minimum atomic E-state index is 1.04. The van der Waals surface area contributed by atoms with Crippen molar-refractivity contribution < 1.29 is 0 Å². The molecule has 0 unspecified atom stereocenters. The number of hydrogen-bond donors (Lipinski definition) is 1. The molecule has 0 saturated carbocycles. The molecule has 1 N–H and O–H groups in total. The van der Waals surface area contributed by atoms with E-state index in [-0.39, 0.29) is 0 Å². The Labute approximate surface area is 85.2 Å². The van der Waals surface area contributed by atoms with Crippen molar-refractivity contribution in [2.24, 2.45) is 0 Å². The molecule has 0 saturated heterocycles. The van der Waals surface area contributed by atoms with Gasteiger partial charge in [-0.2, -0.15) is 0 Å². The Morgan fingerprint density at radius 3 is 2.85 bits per heavy atom. The normalized spacial score (nSPS) is 10.6. The van der Waals surface area contributed by atoms with E-state index in [0.29, 0.717) is 0 Å². The summed E-state index contributed by atoms with van der Waals surface area (Å²) in [6.07, 6.45) is 3.70. The first kappa shape index (κ1) is 10.7. The molecule has 0 bridgehead atoms. The van der Waals surface area contributed by atoms with Gasteiger partial charge in [0.1, 0.15) is 0 Å². The van der Waals surface area contributed by atoms with Crippen LogP contribution in [-0.4, -0.2) is 6.54 Å². The van der Waals surface area contributed by atoms with Gasteiger partial charge in [0.15, 0.2) is 0 Å². The lowest BCUT2D eigenvalue weighted by molar-refractivity contribution is 0.676. The zero-order valence-electron chi connectivity index (χ0n) is 8.60. The van der Waals surface area contributed by atoms with Crippen molar-refractivity contribution in [1.29, 1.82) is 0 Å². The highest BCUT2D eigenvalue weighted by molar-refractivity contribution is 7.10. The van der Waals surface area contributed by atoms with Gasteiger partial charge in [0.2, 0.25) is 0 Å². The maximum Gasteiger partial charge on any atom is 0.0213 e. The third-order valence-corrected chi connectivity index (χ3v) is 3.01. The van der Waals surface area contributed by atoms with E-state index in [1.807, 2.05) is 11.3 Å². The van der Waals surface area contributed by atoms with Crippen LogP contribution in [0, 0.1) is 0 Å². The molecule has 1 aromatic heterocycles. The lowest BCUT2D eigenvalue weighted by Gasteiger charge is -1.98. The van der Waals surface area contributed by atoms with E-state index in [4.69, 9.17) is 0 Å². The molecule has 0 fully saturated rings. The second-order valence-corrected chi connectivity index (χ2v) is 4.34. The molecule has 0 amide bonds. The highest BCUT2D eigenvalue weighted by Crippen LogP contribution is 2.16. The van der Waals surface area contributed by atoms with Gasteiger partial charge < -0.3 is 5.32 Å². The molecule has 1 aromatic rings. The Morgan fingerprint density at radius 1 is 1.31 bits per heavy atom. The topological polar surface area (TPSA) is 12.0 Å². The highest BCUT2D eigenvalue weighted by Gasteiger charge is 1.97. The van der Waals surface area contributed by atoms with Gasteiger partial charge >= 0.3 is 0 Å². The van der Waals surface area contributed by atoms with Gasteiger partial charge in [0.25, 0.3) is 0 Å².